The summed E-state index contributed by atoms with van der Waals surface area (Å²) in [5.41, 5.74) is 1.60. The maximum atomic E-state index is 6.73. The van der Waals surface area contributed by atoms with E-state index in [1.165, 1.54) is 31.2 Å². The highest BCUT2D eigenvalue weighted by molar-refractivity contribution is 5.29. The summed E-state index contributed by atoms with van der Waals surface area (Å²) in [6.45, 7) is 16.1. The lowest BCUT2D eigenvalue weighted by atomic mass is 9.64. The van der Waals surface area contributed by atoms with E-state index in [0.29, 0.717) is 29.9 Å². The quantitative estimate of drug-likeness (QED) is 0.442. The van der Waals surface area contributed by atoms with Gasteiger partial charge in [-0.3, -0.25) is 0 Å². The van der Waals surface area contributed by atoms with Crippen molar-refractivity contribution in [1.82, 2.24) is 5.32 Å². The zero-order valence-electron chi connectivity index (χ0n) is 21.3. The first-order valence-corrected chi connectivity index (χ1v) is 12.6. The molecule has 2 aliphatic rings. The van der Waals surface area contributed by atoms with Gasteiger partial charge in [0.15, 0.2) is 0 Å². The molecule has 0 radical (unpaired) electrons. The van der Waals surface area contributed by atoms with Crippen LogP contribution >= 0.6 is 0 Å². The third-order valence-corrected chi connectivity index (χ3v) is 7.34. The molecule has 2 saturated carbocycles. The molecule has 0 aromatic heterocycles. The maximum Gasteiger partial charge on any atom is 0.202 e. The van der Waals surface area contributed by atoms with E-state index in [0.717, 1.165) is 24.0 Å². The van der Waals surface area contributed by atoms with E-state index in [9.17, 15) is 0 Å². The second-order valence-corrected chi connectivity index (χ2v) is 12.2. The van der Waals surface area contributed by atoms with E-state index in [1.807, 2.05) is 7.05 Å². The first kappa shape index (κ1) is 24.6. The van der Waals surface area contributed by atoms with Gasteiger partial charge < -0.3 is 14.8 Å². The van der Waals surface area contributed by atoms with Gasteiger partial charge in [0.25, 0.3) is 0 Å². The summed E-state index contributed by atoms with van der Waals surface area (Å²) in [5.74, 6) is 4.28. The predicted octanol–water partition coefficient (Wildman–Crippen LogP) is 7.22. The Balaban J connectivity index is 1.66. The lowest BCUT2D eigenvalue weighted by Gasteiger charge is -2.47. The Morgan fingerprint density at radius 3 is 2.26 bits per heavy atom. The molecule has 2 bridgehead atoms. The number of benzene rings is 1. The van der Waals surface area contributed by atoms with Crippen LogP contribution in [0.5, 0.6) is 5.75 Å². The Morgan fingerprint density at radius 2 is 1.68 bits per heavy atom. The van der Waals surface area contributed by atoms with Crippen molar-refractivity contribution < 1.29 is 9.47 Å². The summed E-state index contributed by atoms with van der Waals surface area (Å²) in [4.78, 5) is 0. The van der Waals surface area contributed by atoms with Crippen LogP contribution in [-0.4, -0.2) is 19.4 Å². The van der Waals surface area contributed by atoms with Gasteiger partial charge in [0.1, 0.15) is 5.75 Å². The fourth-order valence-corrected chi connectivity index (χ4v) is 6.02. The second kappa shape index (κ2) is 10.3. The normalized spacial score (nSPS) is 30.8. The first-order valence-electron chi connectivity index (χ1n) is 12.6. The Labute approximate surface area is 191 Å². The average molecular weight is 430 g/mol. The maximum absolute atomic E-state index is 6.73. The molecule has 0 amide bonds. The minimum atomic E-state index is -0.193. The van der Waals surface area contributed by atoms with Gasteiger partial charge in [-0.05, 0) is 85.9 Å². The third-order valence-electron chi connectivity index (χ3n) is 7.34. The van der Waals surface area contributed by atoms with E-state index >= 15 is 0 Å². The van der Waals surface area contributed by atoms with Crippen LogP contribution in [0.3, 0.4) is 0 Å². The van der Waals surface area contributed by atoms with Gasteiger partial charge in [0, 0.05) is 12.0 Å². The van der Waals surface area contributed by atoms with Crippen LogP contribution in [0.4, 0.5) is 0 Å². The van der Waals surface area contributed by atoms with Gasteiger partial charge in [-0.25, -0.2) is 0 Å². The average Bonchev–Trinajstić information content (AvgIpc) is 2.67. The van der Waals surface area contributed by atoms with Crippen LogP contribution in [0.1, 0.15) is 92.2 Å². The summed E-state index contributed by atoms with van der Waals surface area (Å²) in [5, 5.41) is 3.47. The largest absolute Gasteiger partial charge is 0.465 e. The van der Waals surface area contributed by atoms with Crippen molar-refractivity contribution >= 4 is 0 Å². The molecule has 31 heavy (non-hydrogen) atoms. The topological polar surface area (TPSA) is 30.5 Å². The first-order chi connectivity index (χ1) is 14.6. The molecule has 1 aromatic rings. The predicted molar refractivity (Wildman–Crippen MR) is 130 cm³/mol. The highest BCUT2D eigenvalue weighted by atomic mass is 16.7. The summed E-state index contributed by atoms with van der Waals surface area (Å²) >= 11 is 0. The summed E-state index contributed by atoms with van der Waals surface area (Å²) < 4.78 is 13.2. The van der Waals surface area contributed by atoms with E-state index in [1.54, 1.807) is 0 Å². The van der Waals surface area contributed by atoms with E-state index < -0.39 is 0 Å². The van der Waals surface area contributed by atoms with Gasteiger partial charge in [0.2, 0.25) is 6.29 Å². The number of hydrogen-bond acceptors (Lipinski definition) is 3. The van der Waals surface area contributed by atoms with Gasteiger partial charge in [-0.1, -0.05) is 60.6 Å². The lowest BCUT2D eigenvalue weighted by molar-refractivity contribution is -0.190. The summed E-state index contributed by atoms with van der Waals surface area (Å²) in [6.07, 6.45) is 6.61. The monoisotopic (exact) mass is 429 g/mol. The van der Waals surface area contributed by atoms with Crippen molar-refractivity contribution in [2.45, 2.75) is 99.0 Å². The molecule has 2 fully saturated rings. The molecule has 0 saturated heterocycles. The Bertz CT molecular complexity index is 673. The molecule has 0 spiro atoms. The van der Waals surface area contributed by atoms with Gasteiger partial charge >= 0.3 is 0 Å². The van der Waals surface area contributed by atoms with Gasteiger partial charge in [-0.2, -0.15) is 0 Å². The molecule has 7 unspecified atom stereocenters. The summed E-state index contributed by atoms with van der Waals surface area (Å²) in [7, 11) is 2.05. The molecule has 3 rings (SSSR count). The van der Waals surface area contributed by atoms with E-state index in [4.69, 9.17) is 9.47 Å². The minimum absolute atomic E-state index is 0.193. The van der Waals surface area contributed by atoms with Crippen molar-refractivity contribution in [3.8, 4) is 5.75 Å². The minimum Gasteiger partial charge on any atom is -0.465 e. The third kappa shape index (κ3) is 6.71. The standard InChI is InChI=1S/C28H47NO2/c1-18(2)27(31-26-20(4)15-21-13-19(3)14-23(26)16-21)30-24-11-9-22(10-12-24)25(29-8)17-28(5,6)7/h9-12,18-21,23,25-27,29H,13-17H2,1-8H3. The van der Waals surface area contributed by atoms with Crippen LogP contribution in [0.2, 0.25) is 0 Å². The molecule has 2 aliphatic carbocycles. The van der Waals surface area contributed by atoms with Crippen molar-refractivity contribution in [3.05, 3.63) is 29.8 Å². The van der Waals surface area contributed by atoms with Crippen LogP contribution in [0.15, 0.2) is 24.3 Å². The SMILES string of the molecule is CNC(CC(C)(C)C)c1ccc(OC(OC2C(C)CC3CC(C)CC2C3)C(C)C)cc1. The number of fused-ring (bicyclic) bond motifs is 2. The van der Waals surface area contributed by atoms with Crippen LogP contribution < -0.4 is 10.1 Å². The molecular weight excluding hydrogens is 382 g/mol. The van der Waals surface area contributed by atoms with Gasteiger partial charge in [-0.15, -0.1) is 0 Å². The van der Waals surface area contributed by atoms with E-state index in [2.05, 4.69) is 78.0 Å². The Kier molecular flexibility index (Phi) is 8.13. The van der Waals surface area contributed by atoms with Crippen molar-refractivity contribution in [2.75, 3.05) is 7.05 Å². The molecule has 1 aromatic carbocycles. The molecule has 7 atom stereocenters. The highest BCUT2D eigenvalue weighted by Crippen LogP contribution is 2.46. The smallest absolute Gasteiger partial charge is 0.202 e. The number of hydrogen-bond donors (Lipinski definition) is 1. The second-order valence-electron chi connectivity index (χ2n) is 12.2. The Morgan fingerprint density at radius 1 is 1.00 bits per heavy atom. The molecule has 3 heteroatoms. The number of rotatable bonds is 8. The van der Waals surface area contributed by atoms with Crippen LogP contribution in [0.25, 0.3) is 0 Å². The highest BCUT2D eigenvalue weighted by Gasteiger charge is 2.42. The number of ether oxygens (including phenoxy) is 2. The molecular formula is C28H47NO2. The zero-order valence-corrected chi connectivity index (χ0v) is 21.3. The van der Waals surface area contributed by atoms with Gasteiger partial charge in [0.05, 0.1) is 6.10 Å². The van der Waals surface area contributed by atoms with Crippen LogP contribution in [0, 0.1) is 35.0 Å². The zero-order chi connectivity index (χ0) is 22.8. The fraction of sp³-hybridized carbons (Fsp3) is 0.786. The van der Waals surface area contributed by atoms with Crippen molar-refractivity contribution in [3.63, 3.8) is 0 Å². The van der Waals surface area contributed by atoms with Crippen molar-refractivity contribution in [2.24, 2.45) is 35.0 Å². The summed E-state index contributed by atoms with van der Waals surface area (Å²) in [6, 6.07) is 9.00. The van der Waals surface area contributed by atoms with Crippen LogP contribution in [-0.2, 0) is 4.74 Å². The molecule has 1 N–H and O–H groups in total. The molecule has 0 heterocycles. The van der Waals surface area contributed by atoms with E-state index in [-0.39, 0.29) is 11.7 Å². The molecule has 3 nitrogen and oxygen atoms in total. The number of nitrogens with one attached hydrogen (secondary N) is 1. The molecule has 176 valence electrons. The fourth-order valence-electron chi connectivity index (χ4n) is 6.02. The molecule has 0 aliphatic heterocycles. The Hall–Kier alpha value is -1.06. The lowest BCUT2D eigenvalue weighted by Crippen LogP contribution is -2.45. The van der Waals surface area contributed by atoms with Crippen molar-refractivity contribution in [1.29, 1.82) is 0 Å².